The van der Waals surface area contributed by atoms with Crippen LogP contribution in [0.4, 0.5) is 11.6 Å². The maximum absolute atomic E-state index is 5.78. The lowest BCUT2D eigenvalue weighted by Crippen LogP contribution is -2.24. The molecular formula is C11H16N6. The summed E-state index contributed by atoms with van der Waals surface area (Å²) in [4.78, 5) is 10.9. The lowest BCUT2D eigenvalue weighted by atomic mass is 10.2. The Morgan fingerprint density at radius 3 is 3.18 bits per heavy atom. The number of aromatic nitrogens is 3. The first-order valence-corrected chi connectivity index (χ1v) is 5.76. The van der Waals surface area contributed by atoms with Crippen molar-refractivity contribution in [2.24, 2.45) is 0 Å². The van der Waals surface area contributed by atoms with Gasteiger partial charge in [0.15, 0.2) is 11.5 Å². The number of nitrogen functional groups attached to an aromatic ring is 1. The highest BCUT2D eigenvalue weighted by Gasteiger charge is 2.20. The quantitative estimate of drug-likeness (QED) is 0.785. The molecule has 3 heterocycles. The molecule has 1 aliphatic heterocycles. The average Bonchev–Trinajstić information content (AvgIpc) is 2.87. The zero-order chi connectivity index (χ0) is 11.8. The third-order valence-electron chi connectivity index (χ3n) is 3.12. The van der Waals surface area contributed by atoms with Crippen LogP contribution in [-0.2, 0) is 0 Å². The summed E-state index contributed by atoms with van der Waals surface area (Å²) in [5.74, 6) is 1.28. The zero-order valence-corrected chi connectivity index (χ0v) is 9.80. The Kier molecular flexibility index (Phi) is 2.36. The highest BCUT2D eigenvalue weighted by Crippen LogP contribution is 2.18. The van der Waals surface area contributed by atoms with Crippen molar-refractivity contribution in [3.63, 3.8) is 0 Å². The number of imidazole rings is 1. The van der Waals surface area contributed by atoms with E-state index < -0.39 is 0 Å². The number of hydrogen-bond acceptors (Lipinski definition) is 5. The Hall–Kier alpha value is -1.82. The van der Waals surface area contributed by atoms with Gasteiger partial charge in [-0.25, -0.2) is 9.97 Å². The molecule has 1 fully saturated rings. The first-order chi connectivity index (χ1) is 8.22. The number of likely N-dealkylation sites (tertiary alicyclic amines) is 1. The van der Waals surface area contributed by atoms with Gasteiger partial charge in [-0.2, -0.15) is 0 Å². The van der Waals surface area contributed by atoms with Crippen LogP contribution in [0, 0.1) is 0 Å². The smallest absolute Gasteiger partial charge is 0.180 e. The van der Waals surface area contributed by atoms with Gasteiger partial charge in [-0.1, -0.05) is 0 Å². The highest BCUT2D eigenvalue weighted by molar-refractivity contribution is 5.65. The number of nitrogens with two attached hydrogens (primary N) is 1. The van der Waals surface area contributed by atoms with Gasteiger partial charge in [0.1, 0.15) is 5.82 Å². The molecule has 1 saturated heterocycles. The maximum Gasteiger partial charge on any atom is 0.180 e. The van der Waals surface area contributed by atoms with E-state index in [1.807, 2.05) is 10.6 Å². The molecule has 0 saturated carbocycles. The largest absolute Gasteiger partial charge is 0.382 e. The molecule has 2 aromatic heterocycles. The Morgan fingerprint density at radius 1 is 1.53 bits per heavy atom. The molecule has 0 aromatic carbocycles. The van der Waals surface area contributed by atoms with E-state index in [1.165, 1.54) is 0 Å². The summed E-state index contributed by atoms with van der Waals surface area (Å²) in [7, 11) is 2.12. The van der Waals surface area contributed by atoms with Crippen molar-refractivity contribution in [1.29, 1.82) is 0 Å². The summed E-state index contributed by atoms with van der Waals surface area (Å²) in [6.07, 6.45) is 6.52. The van der Waals surface area contributed by atoms with Gasteiger partial charge in [0.25, 0.3) is 0 Å². The number of hydrogen-bond donors (Lipinski definition) is 2. The van der Waals surface area contributed by atoms with Gasteiger partial charge in [-0.05, 0) is 20.0 Å². The molecular weight excluding hydrogens is 216 g/mol. The molecule has 1 unspecified atom stereocenters. The third-order valence-corrected chi connectivity index (χ3v) is 3.12. The molecule has 1 atom stereocenters. The molecule has 0 amide bonds. The van der Waals surface area contributed by atoms with Crippen molar-refractivity contribution in [2.75, 3.05) is 31.2 Å². The van der Waals surface area contributed by atoms with Gasteiger partial charge in [-0.15, -0.1) is 0 Å². The van der Waals surface area contributed by atoms with E-state index in [0.29, 0.717) is 11.9 Å². The summed E-state index contributed by atoms with van der Waals surface area (Å²) in [6, 6.07) is 0.426. The van der Waals surface area contributed by atoms with Crippen molar-refractivity contribution in [1.82, 2.24) is 19.3 Å². The summed E-state index contributed by atoms with van der Waals surface area (Å²) < 4.78 is 1.89. The van der Waals surface area contributed by atoms with E-state index in [1.54, 1.807) is 12.4 Å². The molecule has 6 nitrogen and oxygen atoms in total. The van der Waals surface area contributed by atoms with E-state index in [9.17, 15) is 0 Å². The Labute approximate surface area is 99.5 Å². The zero-order valence-electron chi connectivity index (χ0n) is 9.80. The molecule has 6 heteroatoms. The fourth-order valence-electron chi connectivity index (χ4n) is 2.29. The van der Waals surface area contributed by atoms with Crippen LogP contribution in [-0.4, -0.2) is 45.4 Å². The molecule has 0 spiro atoms. The lowest BCUT2D eigenvalue weighted by Gasteiger charge is -2.14. The topological polar surface area (TPSA) is 71.5 Å². The SMILES string of the molecule is CN1CCC(Nc2nc(N)cn3ccnc23)C1. The van der Waals surface area contributed by atoms with Gasteiger partial charge in [0, 0.05) is 25.0 Å². The predicted molar refractivity (Wildman–Crippen MR) is 66.9 cm³/mol. The average molecular weight is 232 g/mol. The molecule has 1 aliphatic rings. The minimum atomic E-state index is 0.426. The van der Waals surface area contributed by atoms with E-state index in [2.05, 4.69) is 27.2 Å². The minimum Gasteiger partial charge on any atom is -0.382 e. The molecule has 2 aromatic rings. The molecule has 3 rings (SSSR count). The standard InChI is InChI=1S/C11H16N6/c1-16-4-2-8(6-16)14-10-11-13-3-5-17(11)7-9(12)15-10/h3,5,7-8H,2,4,6,12H2,1H3,(H,14,15). The number of nitrogens with one attached hydrogen (secondary N) is 1. The maximum atomic E-state index is 5.78. The first-order valence-electron chi connectivity index (χ1n) is 5.76. The van der Waals surface area contributed by atoms with Crippen LogP contribution in [0.1, 0.15) is 6.42 Å². The number of rotatable bonds is 2. The molecule has 0 radical (unpaired) electrons. The Bertz CT molecular complexity index is 534. The normalized spacial score (nSPS) is 21.1. The van der Waals surface area contributed by atoms with Crippen LogP contribution in [0.25, 0.3) is 5.65 Å². The van der Waals surface area contributed by atoms with Crippen molar-refractivity contribution in [3.05, 3.63) is 18.6 Å². The van der Waals surface area contributed by atoms with Gasteiger partial charge in [-0.3, -0.25) is 0 Å². The second kappa shape index (κ2) is 3.89. The van der Waals surface area contributed by atoms with Crippen LogP contribution in [0.3, 0.4) is 0 Å². The van der Waals surface area contributed by atoms with E-state index in [4.69, 9.17) is 5.73 Å². The summed E-state index contributed by atoms with van der Waals surface area (Å²) in [5, 5.41) is 3.43. The van der Waals surface area contributed by atoms with Gasteiger partial charge >= 0.3 is 0 Å². The fourth-order valence-corrected chi connectivity index (χ4v) is 2.29. The molecule has 0 aliphatic carbocycles. The fraction of sp³-hybridized carbons (Fsp3) is 0.455. The molecule has 0 bridgehead atoms. The first kappa shape index (κ1) is 10.3. The Balaban J connectivity index is 1.91. The minimum absolute atomic E-state index is 0.426. The van der Waals surface area contributed by atoms with Crippen molar-refractivity contribution in [3.8, 4) is 0 Å². The van der Waals surface area contributed by atoms with Crippen LogP contribution in [0.2, 0.25) is 0 Å². The van der Waals surface area contributed by atoms with Crippen LogP contribution in [0.15, 0.2) is 18.6 Å². The van der Waals surface area contributed by atoms with Crippen LogP contribution < -0.4 is 11.1 Å². The van der Waals surface area contributed by atoms with E-state index in [-0.39, 0.29) is 0 Å². The van der Waals surface area contributed by atoms with Crippen LogP contribution in [0.5, 0.6) is 0 Å². The van der Waals surface area contributed by atoms with Gasteiger partial charge in [0.05, 0.1) is 6.20 Å². The number of fused-ring (bicyclic) bond motifs is 1. The second-order valence-electron chi connectivity index (χ2n) is 4.56. The van der Waals surface area contributed by atoms with Gasteiger partial charge < -0.3 is 20.4 Å². The van der Waals surface area contributed by atoms with Crippen LogP contribution >= 0.6 is 0 Å². The summed E-state index contributed by atoms with van der Waals surface area (Å²) in [5.41, 5.74) is 6.60. The second-order valence-corrected chi connectivity index (χ2v) is 4.56. The number of nitrogens with zero attached hydrogens (tertiary/aromatic N) is 4. The van der Waals surface area contributed by atoms with Crippen molar-refractivity contribution < 1.29 is 0 Å². The van der Waals surface area contributed by atoms with Crippen molar-refractivity contribution >= 4 is 17.3 Å². The third kappa shape index (κ3) is 1.91. The summed E-state index contributed by atoms with van der Waals surface area (Å²) >= 11 is 0. The summed E-state index contributed by atoms with van der Waals surface area (Å²) in [6.45, 7) is 2.15. The van der Waals surface area contributed by atoms with E-state index >= 15 is 0 Å². The molecule has 90 valence electrons. The molecule has 3 N–H and O–H groups in total. The Morgan fingerprint density at radius 2 is 2.41 bits per heavy atom. The van der Waals surface area contributed by atoms with Gasteiger partial charge in [0.2, 0.25) is 0 Å². The number of likely N-dealkylation sites (N-methyl/N-ethyl adjacent to an activating group) is 1. The van der Waals surface area contributed by atoms with Crippen molar-refractivity contribution in [2.45, 2.75) is 12.5 Å². The predicted octanol–water partition coefficient (Wildman–Crippen LogP) is 0.427. The van der Waals surface area contributed by atoms with E-state index in [0.717, 1.165) is 31.0 Å². The number of anilines is 2. The highest BCUT2D eigenvalue weighted by atomic mass is 15.2. The molecule has 17 heavy (non-hydrogen) atoms. The monoisotopic (exact) mass is 232 g/mol. The lowest BCUT2D eigenvalue weighted by molar-refractivity contribution is 0.414.